The second-order valence-electron chi connectivity index (χ2n) is 10.1. The number of nitrogens with zero attached hydrogens (tertiary/aromatic N) is 1. The zero-order chi connectivity index (χ0) is 27.8. The van der Waals surface area contributed by atoms with Crippen molar-refractivity contribution in [2.24, 2.45) is 0 Å². The lowest BCUT2D eigenvalue weighted by atomic mass is 9.87. The van der Waals surface area contributed by atoms with E-state index >= 15 is 4.79 Å². The van der Waals surface area contributed by atoms with Gasteiger partial charge in [-0.3, -0.25) is 9.69 Å². The van der Waals surface area contributed by atoms with Gasteiger partial charge in [-0.15, -0.1) is 11.8 Å². The zero-order valence-electron chi connectivity index (χ0n) is 22.1. The van der Waals surface area contributed by atoms with Crippen LogP contribution in [-0.4, -0.2) is 5.91 Å². The standard InChI is InChI=1S/C36H26BrNO2S/c37-29-21-11-10-20-28(29)32-24-36(27-18-8-3-9-19-27)38(30-22-12-13-23-31(30)41-32)35(39)33(25-14-4-1-5-15-25)34(40-36)26-16-6-2-7-17-26/h1-23,32H,24H2/t32-,36+/m1/s1. The van der Waals surface area contributed by atoms with Gasteiger partial charge in [0.05, 0.1) is 11.3 Å². The minimum Gasteiger partial charge on any atom is -0.462 e. The van der Waals surface area contributed by atoms with Gasteiger partial charge >= 0.3 is 0 Å². The van der Waals surface area contributed by atoms with Crippen LogP contribution in [0.25, 0.3) is 11.3 Å². The monoisotopic (exact) mass is 615 g/mol. The molecule has 2 atom stereocenters. The Balaban J connectivity index is 1.55. The zero-order valence-corrected chi connectivity index (χ0v) is 24.5. The molecule has 0 aromatic heterocycles. The van der Waals surface area contributed by atoms with Crippen LogP contribution in [0.15, 0.2) is 149 Å². The summed E-state index contributed by atoms with van der Waals surface area (Å²) < 4.78 is 8.41. The number of ether oxygens (including phenoxy) is 1. The molecule has 0 fully saturated rings. The summed E-state index contributed by atoms with van der Waals surface area (Å²) in [4.78, 5) is 18.1. The van der Waals surface area contributed by atoms with Gasteiger partial charge < -0.3 is 4.74 Å². The first-order chi connectivity index (χ1) is 20.2. The summed E-state index contributed by atoms with van der Waals surface area (Å²) in [6.07, 6.45) is 0.545. The summed E-state index contributed by atoms with van der Waals surface area (Å²) >= 11 is 5.59. The van der Waals surface area contributed by atoms with Crippen molar-refractivity contribution >= 4 is 50.6 Å². The van der Waals surface area contributed by atoms with Crippen molar-refractivity contribution in [2.75, 3.05) is 4.90 Å². The highest BCUT2D eigenvalue weighted by Crippen LogP contribution is 2.58. The largest absolute Gasteiger partial charge is 0.462 e. The molecule has 0 saturated carbocycles. The number of fused-ring (bicyclic) bond motifs is 3. The lowest BCUT2D eigenvalue weighted by Crippen LogP contribution is -2.55. The van der Waals surface area contributed by atoms with Gasteiger partial charge in [-0.2, -0.15) is 0 Å². The van der Waals surface area contributed by atoms with Gasteiger partial charge in [-0.1, -0.05) is 137 Å². The van der Waals surface area contributed by atoms with Gasteiger partial charge in [0, 0.05) is 32.2 Å². The van der Waals surface area contributed by atoms with Gasteiger partial charge in [0.25, 0.3) is 5.91 Å². The number of anilines is 1. The lowest BCUT2D eigenvalue weighted by Gasteiger charge is -2.48. The molecule has 5 aromatic carbocycles. The molecular formula is C36H26BrNO2S. The Kier molecular flexibility index (Phi) is 6.77. The second-order valence-corrected chi connectivity index (χ2v) is 12.2. The minimum atomic E-state index is -1.10. The third kappa shape index (κ3) is 4.50. The summed E-state index contributed by atoms with van der Waals surface area (Å²) in [6.45, 7) is 0. The Labute approximate surface area is 252 Å². The summed E-state index contributed by atoms with van der Waals surface area (Å²) in [5.41, 5.74) is 4.11. The number of para-hydroxylation sites is 1. The molecule has 0 radical (unpaired) electrons. The average molecular weight is 617 g/mol. The van der Waals surface area contributed by atoms with Crippen LogP contribution in [0.1, 0.15) is 33.9 Å². The quantitative estimate of drug-likeness (QED) is 0.202. The van der Waals surface area contributed by atoms with Crippen molar-refractivity contribution in [1.82, 2.24) is 0 Å². The Hall–Kier alpha value is -4.06. The Bertz CT molecular complexity index is 1760. The third-order valence-electron chi connectivity index (χ3n) is 7.69. The molecule has 0 aliphatic carbocycles. The van der Waals surface area contributed by atoms with E-state index in [2.05, 4.69) is 52.3 Å². The van der Waals surface area contributed by atoms with Crippen LogP contribution in [0.5, 0.6) is 0 Å². The van der Waals surface area contributed by atoms with Gasteiger partial charge in [0.15, 0.2) is 0 Å². The number of rotatable bonds is 4. The van der Waals surface area contributed by atoms with E-state index < -0.39 is 5.72 Å². The van der Waals surface area contributed by atoms with E-state index in [9.17, 15) is 0 Å². The second kappa shape index (κ2) is 10.7. The van der Waals surface area contributed by atoms with E-state index in [0.29, 0.717) is 17.8 Å². The predicted molar refractivity (Wildman–Crippen MR) is 170 cm³/mol. The summed E-state index contributed by atoms with van der Waals surface area (Å²) in [5.74, 6) is 0.517. The first kappa shape index (κ1) is 25.9. The van der Waals surface area contributed by atoms with E-state index in [1.165, 1.54) is 5.56 Å². The van der Waals surface area contributed by atoms with Crippen molar-refractivity contribution in [3.8, 4) is 0 Å². The van der Waals surface area contributed by atoms with E-state index in [1.54, 1.807) is 11.8 Å². The van der Waals surface area contributed by atoms with E-state index in [-0.39, 0.29) is 11.2 Å². The first-order valence-electron chi connectivity index (χ1n) is 13.6. The number of benzene rings is 5. The third-order valence-corrected chi connectivity index (χ3v) is 9.72. The smallest absolute Gasteiger partial charge is 0.266 e. The molecule has 7 rings (SSSR count). The fraction of sp³-hybridized carbons (Fsp3) is 0.0833. The van der Waals surface area contributed by atoms with Gasteiger partial charge in [0.1, 0.15) is 5.76 Å². The van der Waals surface area contributed by atoms with Crippen LogP contribution in [0.4, 0.5) is 5.69 Å². The number of halogens is 1. The fourth-order valence-electron chi connectivity index (χ4n) is 5.83. The number of amides is 1. The molecule has 2 aliphatic rings. The lowest BCUT2D eigenvalue weighted by molar-refractivity contribution is -0.120. The maximum absolute atomic E-state index is 15.1. The maximum Gasteiger partial charge on any atom is 0.266 e. The molecule has 2 heterocycles. The summed E-state index contributed by atoms with van der Waals surface area (Å²) in [5, 5.41) is 0.0000276. The topological polar surface area (TPSA) is 29.5 Å². The van der Waals surface area contributed by atoms with Crippen molar-refractivity contribution in [1.29, 1.82) is 0 Å². The highest BCUT2D eigenvalue weighted by Gasteiger charge is 2.54. The van der Waals surface area contributed by atoms with Crippen LogP contribution in [0.2, 0.25) is 0 Å². The molecule has 0 spiro atoms. The molecule has 41 heavy (non-hydrogen) atoms. The summed E-state index contributed by atoms with van der Waals surface area (Å²) in [7, 11) is 0. The predicted octanol–water partition coefficient (Wildman–Crippen LogP) is 9.47. The van der Waals surface area contributed by atoms with Crippen molar-refractivity contribution in [3.05, 3.63) is 166 Å². The van der Waals surface area contributed by atoms with Crippen LogP contribution in [-0.2, 0) is 15.3 Å². The molecule has 1 amide bonds. The highest BCUT2D eigenvalue weighted by atomic mass is 79.9. The normalized spacial score (nSPS) is 20.1. The van der Waals surface area contributed by atoms with Crippen LogP contribution >= 0.6 is 27.7 Å². The fourth-order valence-corrected chi connectivity index (χ4v) is 7.93. The average Bonchev–Trinajstić information content (AvgIpc) is 3.18. The van der Waals surface area contributed by atoms with E-state index in [4.69, 9.17) is 4.74 Å². The van der Waals surface area contributed by atoms with Crippen molar-refractivity contribution < 1.29 is 9.53 Å². The number of hydrogen-bond donors (Lipinski definition) is 0. The van der Waals surface area contributed by atoms with Crippen LogP contribution in [0, 0.1) is 0 Å². The molecule has 200 valence electrons. The molecular weight excluding hydrogens is 590 g/mol. The molecule has 0 saturated heterocycles. The van der Waals surface area contributed by atoms with Crippen molar-refractivity contribution in [3.63, 3.8) is 0 Å². The van der Waals surface area contributed by atoms with E-state index in [0.717, 1.165) is 31.7 Å². The molecule has 5 aromatic rings. The molecule has 2 aliphatic heterocycles. The molecule has 5 heteroatoms. The Morgan fingerprint density at radius 1 is 0.707 bits per heavy atom. The molecule has 0 N–H and O–H groups in total. The van der Waals surface area contributed by atoms with Gasteiger partial charge in [0.2, 0.25) is 5.72 Å². The molecule has 0 unspecified atom stereocenters. The van der Waals surface area contributed by atoms with Gasteiger partial charge in [-0.05, 0) is 29.3 Å². The highest BCUT2D eigenvalue weighted by molar-refractivity contribution is 9.10. The Morgan fingerprint density at radius 3 is 2.00 bits per heavy atom. The minimum absolute atomic E-state index is 0.0000276. The molecule has 3 nitrogen and oxygen atoms in total. The SMILES string of the molecule is O=C1C(c2ccccc2)=C(c2ccccc2)O[C@]2(c3ccccc3)C[C@H](c3ccccc3Br)Sc3ccccc3N12. The number of thioether (sulfide) groups is 1. The Morgan fingerprint density at radius 2 is 1.29 bits per heavy atom. The molecule has 0 bridgehead atoms. The van der Waals surface area contributed by atoms with Crippen LogP contribution in [0.3, 0.4) is 0 Å². The maximum atomic E-state index is 15.1. The van der Waals surface area contributed by atoms with Crippen LogP contribution < -0.4 is 4.90 Å². The number of carbonyl (C=O) groups is 1. The van der Waals surface area contributed by atoms with Gasteiger partial charge in [-0.25, -0.2) is 0 Å². The summed E-state index contributed by atoms with van der Waals surface area (Å²) in [6, 6.07) is 46.6. The van der Waals surface area contributed by atoms with Crippen molar-refractivity contribution in [2.45, 2.75) is 22.3 Å². The van der Waals surface area contributed by atoms with E-state index in [1.807, 2.05) is 108 Å². The first-order valence-corrected chi connectivity index (χ1v) is 15.3. The number of carbonyl (C=O) groups excluding carboxylic acids is 1. The number of hydrogen-bond acceptors (Lipinski definition) is 3.